The summed E-state index contributed by atoms with van der Waals surface area (Å²) in [5.41, 5.74) is 18.5. The third kappa shape index (κ3) is 6.53. The number of hydrogen-bond acceptors (Lipinski definition) is 3. The molecule has 1 spiro atoms. The molecule has 1 fully saturated rings. The highest BCUT2D eigenvalue weighted by Gasteiger charge is 2.43. The lowest BCUT2D eigenvalue weighted by Gasteiger charge is -2.36. The molecule has 60 heavy (non-hydrogen) atoms. The van der Waals surface area contributed by atoms with Gasteiger partial charge in [0.25, 0.3) is 0 Å². The minimum atomic E-state index is 0.191. The van der Waals surface area contributed by atoms with E-state index in [0.29, 0.717) is 17.5 Å². The maximum atomic E-state index is 5.04. The average Bonchev–Trinajstić information content (AvgIpc) is 3.60. The molecule has 0 amide bonds. The molecule has 9 aromatic rings. The van der Waals surface area contributed by atoms with Crippen molar-refractivity contribution in [3.8, 4) is 89.8 Å². The van der Waals surface area contributed by atoms with Crippen molar-refractivity contribution in [2.75, 3.05) is 0 Å². The molecule has 0 atom stereocenters. The second-order valence-corrected chi connectivity index (χ2v) is 16.3. The van der Waals surface area contributed by atoms with Gasteiger partial charge in [-0.25, -0.2) is 15.0 Å². The third-order valence-electron chi connectivity index (χ3n) is 12.8. The highest BCUT2D eigenvalue weighted by Crippen LogP contribution is 2.56. The monoisotopic (exact) mass is 769 g/mol. The molecular formula is C57H43N3. The maximum Gasteiger partial charge on any atom is 0.164 e. The highest BCUT2D eigenvalue weighted by molar-refractivity contribution is 5.85. The smallest absolute Gasteiger partial charge is 0.164 e. The van der Waals surface area contributed by atoms with E-state index in [1.807, 2.05) is 36.4 Å². The van der Waals surface area contributed by atoms with E-state index in [2.05, 4.69) is 164 Å². The van der Waals surface area contributed by atoms with Crippen molar-refractivity contribution in [3.63, 3.8) is 0 Å². The van der Waals surface area contributed by atoms with Crippen LogP contribution < -0.4 is 0 Å². The number of hydrogen-bond donors (Lipinski definition) is 0. The third-order valence-corrected chi connectivity index (χ3v) is 12.8. The molecular weight excluding hydrogens is 727 g/mol. The van der Waals surface area contributed by atoms with Gasteiger partial charge in [0.1, 0.15) is 0 Å². The topological polar surface area (TPSA) is 38.7 Å². The van der Waals surface area contributed by atoms with E-state index in [1.54, 1.807) is 5.56 Å². The minimum Gasteiger partial charge on any atom is -0.208 e. The van der Waals surface area contributed by atoms with Crippen LogP contribution in [0.2, 0.25) is 0 Å². The molecule has 11 rings (SSSR count). The zero-order valence-electron chi connectivity index (χ0n) is 33.4. The molecule has 0 radical (unpaired) electrons. The first-order chi connectivity index (χ1) is 29.7. The van der Waals surface area contributed by atoms with E-state index >= 15 is 0 Å². The number of rotatable bonds is 7. The van der Waals surface area contributed by atoms with Gasteiger partial charge >= 0.3 is 0 Å². The van der Waals surface area contributed by atoms with Crippen LogP contribution in [0.25, 0.3) is 89.8 Å². The Morgan fingerprint density at radius 1 is 0.267 bits per heavy atom. The zero-order chi connectivity index (χ0) is 39.9. The first-order valence-corrected chi connectivity index (χ1v) is 21.2. The first-order valence-electron chi connectivity index (χ1n) is 21.2. The molecule has 0 aliphatic heterocycles. The van der Waals surface area contributed by atoms with Crippen LogP contribution >= 0.6 is 0 Å². The van der Waals surface area contributed by atoms with E-state index in [4.69, 9.17) is 15.0 Å². The van der Waals surface area contributed by atoms with Crippen LogP contribution in [0.1, 0.15) is 43.2 Å². The molecule has 8 aromatic carbocycles. The number of aromatic nitrogens is 3. The maximum absolute atomic E-state index is 5.04. The van der Waals surface area contributed by atoms with Crippen LogP contribution in [0.4, 0.5) is 0 Å². The molecule has 2 aliphatic carbocycles. The summed E-state index contributed by atoms with van der Waals surface area (Å²) in [6.07, 6.45) is 6.49. The van der Waals surface area contributed by atoms with Gasteiger partial charge in [0.05, 0.1) is 0 Å². The Hall–Kier alpha value is -7.23. The SMILES string of the molecule is c1ccc(-c2cccc(-c3nc(-c4ccccc4)nc(-c4ccc(-c5cccc(-c6ccc(-c7ccc8c(c7)-c7ccccc7C87CCCCC7)cc6)c5)cc4)n3)c2)cc1. The molecule has 1 saturated carbocycles. The Labute approximate surface area is 352 Å². The van der Waals surface area contributed by atoms with E-state index in [0.717, 1.165) is 38.9 Å². The van der Waals surface area contributed by atoms with Gasteiger partial charge in [-0.1, -0.05) is 201 Å². The van der Waals surface area contributed by atoms with Crippen molar-refractivity contribution in [3.05, 3.63) is 211 Å². The first kappa shape index (κ1) is 35.9. The van der Waals surface area contributed by atoms with Gasteiger partial charge in [0, 0.05) is 22.1 Å². The molecule has 0 N–H and O–H groups in total. The summed E-state index contributed by atoms with van der Waals surface area (Å²) in [4.78, 5) is 15.0. The number of benzene rings is 8. The normalized spacial score (nSPS) is 13.8. The van der Waals surface area contributed by atoms with Crippen molar-refractivity contribution < 1.29 is 0 Å². The average molecular weight is 770 g/mol. The summed E-state index contributed by atoms with van der Waals surface area (Å²) in [7, 11) is 0. The van der Waals surface area contributed by atoms with Crippen molar-refractivity contribution in [2.24, 2.45) is 0 Å². The molecule has 2 aliphatic rings. The molecule has 1 aromatic heterocycles. The Morgan fingerprint density at radius 3 is 1.25 bits per heavy atom. The summed E-state index contributed by atoms with van der Waals surface area (Å²) in [5.74, 6) is 1.94. The van der Waals surface area contributed by atoms with Crippen molar-refractivity contribution in [2.45, 2.75) is 37.5 Å². The highest BCUT2D eigenvalue weighted by atomic mass is 15.0. The number of nitrogens with zero attached hydrogens (tertiary/aromatic N) is 3. The van der Waals surface area contributed by atoms with Crippen LogP contribution in [0.5, 0.6) is 0 Å². The van der Waals surface area contributed by atoms with Crippen LogP contribution in [-0.2, 0) is 5.41 Å². The quantitative estimate of drug-likeness (QED) is 0.162. The van der Waals surface area contributed by atoms with E-state index in [1.165, 1.54) is 71.0 Å². The van der Waals surface area contributed by atoms with Crippen LogP contribution in [0, 0.1) is 0 Å². The van der Waals surface area contributed by atoms with Gasteiger partial charge in [0.2, 0.25) is 0 Å². The summed E-state index contributed by atoms with van der Waals surface area (Å²) < 4.78 is 0. The van der Waals surface area contributed by atoms with Crippen LogP contribution in [0.15, 0.2) is 200 Å². The molecule has 0 unspecified atom stereocenters. The summed E-state index contributed by atoms with van der Waals surface area (Å²) >= 11 is 0. The fourth-order valence-corrected chi connectivity index (χ4v) is 9.70. The fraction of sp³-hybridized carbons (Fsp3) is 0.105. The van der Waals surface area contributed by atoms with E-state index in [9.17, 15) is 0 Å². The van der Waals surface area contributed by atoms with Gasteiger partial charge < -0.3 is 0 Å². The minimum absolute atomic E-state index is 0.191. The molecule has 0 saturated heterocycles. The largest absolute Gasteiger partial charge is 0.208 e. The number of fused-ring (bicyclic) bond motifs is 5. The van der Waals surface area contributed by atoms with Gasteiger partial charge in [-0.2, -0.15) is 0 Å². The Kier molecular flexibility index (Phi) is 9.08. The van der Waals surface area contributed by atoms with Crippen LogP contribution in [0.3, 0.4) is 0 Å². The second-order valence-electron chi connectivity index (χ2n) is 16.3. The molecule has 0 bridgehead atoms. The van der Waals surface area contributed by atoms with Crippen molar-refractivity contribution >= 4 is 0 Å². The van der Waals surface area contributed by atoms with Crippen molar-refractivity contribution in [1.29, 1.82) is 0 Å². The van der Waals surface area contributed by atoms with Gasteiger partial charge in [-0.3, -0.25) is 0 Å². The summed E-state index contributed by atoms with van der Waals surface area (Å²) in [6.45, 7) is 0. The standard InChI is InChI=1S/C57H43N3/c1-4-14-39(15-5-1)47-20-13-21-49(37-47)56-59-54(43-16-6-2-7-17-43)58-55(60-56)44-30-28-41(29-31-44)46-19-12-18-45(36-46)40-24-26-42(27-25-40)48-32-33-53-51(38-48)50-22-8-9-23-52(50)57(53)34-10-3-11-35-57/h1-2,4-9,12-33,36-38H,3,10-11,34-35H2. The van der Waals surface area contributed by atoms with E-state index in [-0.39, 0.29) is 5.41 Å². The molecule has 3 heteroatoms. The second kappa shape index (κ2) is 15.2. The zero-order valence-corrected chi connectivity index (χ0v) is 33.4. The van der Waals surface area contributed by atoms with Gasteiger partial charge in [-0.05, 0) is 97.8 Å². The van der Waals surface area contributed by atoms with Gasteiger partial charge in [-0.15, -0.1) is 0 Å². The Bertz CT molecular complexity index is 2980. The fourth-order valence-electron chi connectivity index (χ4n) is 9.70. The lowest BCUT2D eigenvalue weighted by molar-refractivity contribution is 0.353. The van der Waals surface area contributed by atoms with Crippen molar-refractivity contribution in [1.82, 2.24) is 15.0 Å². The summed E-state index contributed by atoms with van der Waals surface area (Å²) in [6, 6.07) is 71.8. The predicted octanol–water partition coefficient (Wildman–Crippen LogP) is 14.8. The predicted molar refractivity (Wildman–Crippen MR) is 247 cm³/mol. The van der Waals surface area contributed by atoms with Gasteiger partial charge in [0.15, 0.2) is 17.5 Å². The summed E-state index contributed by atoms with van der Waals surface area (Å²) in [5, 5.41) is 0. The lowest BCUT2D eigenvalue weighted by Crippen LogP contribution is -2.27. The van der Waals surface area contributed by atoms with Crippen LogP contribution in [-0.4, -0.2) is 15.0 Å². The molecule has 3 nitrogen and oxygen atoms in total. The molecule has 286 valence electrons. The van der Waals surface area contributed by atoms with E-state index < -0.39 is 0 Å². The Morgan fingerprint density at radius 2 is 0.650 bits per heavy atom. The lowest BCUT2D eigenvalue weighted by atomic mass is 9.68. The molecule has 1 heterocycles. The Balaban J connectivity index is 0.872.